The van der Waals surface area contributed by atoms with Crippen LogP contribution in [0.1, 0.15) is 5.69 Å². The highest BCUT2D eigenvalue weighted by Gasteiger charge is 2.16. The maximum absolute atomic E-state index is 11.1. The Kier molecular flexibility index (Phi) is 5.16. The molecule has 0 atom stereocenters. The number of hydrogen-bond acceptors (Lipinski definition) is 6. The molecule has 0 aliphatic carbocycles. The smallest absolute Gasteiger partial charge is 0.312 e. The van der Waals surface area contributed by atoms with Crippen molar-refractivity contribution in [2.24, 2.45) is 0 Å². The lowest BCUT2D eigenvalue weighted by atomic mass is 10.2. The summed E-state index contributed by atoms with van der Waals surface area (Å²) in [7, 11) is 1.61. The van der Waals surface area contributed by atoms with Gasteiger partial charge in [0.05, 0.1) is 17.7 Å². The minimum atomic E-state index is -0.524. The van der Waals surface area contributed by atoms with E-state index < -0.39 is 4.92 Å². The average molecular weight is 377 g/mol. The van der Waals surface area contributed by atoms with Crippen molar-refractivity contribution in [3.63, 3.8) is 0 Å². The van der Waals surface area contributed by atoms with Crippen molar-refractivity contribution in [1.29, 1.82) is 0 Å². The van der Waals surface area contributed by atoms with Gasteiger partial charge in [-0.15, -0.1) is 11.3 Å². The summed E-state index contributed by atoms with van der Waals surface area (Å²) in [5, 5.41) is 14.0. The molecule has 8 heteroatoms. The Morgan fingerprint density at radius 3 is 2.88 bits per heavy atom. The third-order valence-electron chi connectivity index (χ3n) is 3.36. The van der Waals surface area contributed by atoms with Gasteiger partial charge in [-0.2, -0.15) is 0 Å². The molecule has 0 N–H and O–H groups in total. The molecule has 3 aromatic rings. The molecule has 3 rings (SSSR count). The lowest BCUT2D eigenvalue weighted by molar-refractivity contribution is -0.385. The van der Waals surface area contributed by atoms with E-state index in [2.05, 4.69) is 4.98 Å². The van der Waals surface area contributed by atoms with Gasteiger partial charge in [0, 0.05) is 22.0 Å². The van der Waals surface area contributed by atoms with Crippen LogP contribution in [0.15, 0.2) is 47.8 Å². The van der Waals surface area contributed by atoms with Crippen LogP contribution in [0.5, 0.6) is 11.5 Å². The molecule has 0 bridgehead atoms. The number of methoxy groups -OCH3 is 1. The van der Waals surface area contributed by atoms with Crippen LogP contribution >= 0.6 is 22.9 Å². The van der Waals surface area contributed by atoms with Crippen molar-refractivity contribution in [3.8, 4) is 22.1 Å². The van der Waals surface area contributed by atoms with Crippen molar-refractivity contribution >= 4 is 28.6 Å². The van der Waals surface area contributed by atoms with Crippen molar-refractivity contribution in [3.05, 3.63) is 68.7 Å². The highest BCUT2D eigenvalue weighted by molar-refractivity contribution is 7.13. The van der Waals surface area contributed by atoms with Crippen LogP contribution in [-0.4, -0.2) is 17.0 Å². The molecule has 0 aliphatic rings. The second kappa shape index (κ2) is 7.50. The fraction of sp³-hybridized carbons (Fsp3) is 0.118. The number of nitro benzene ring substituents is 1. The van der Waals surface area contributed by atoms with Gasteiger partial charge < -0.3 is 9.47 Å². The van der Waals surface area contributed by atoms with Gasteiger partial charge in [0.2, 0.25) is 0 Å². The zero-order valence-corrected chi connectivity index (χ0v) is 14.7. The van der Waals surface area contributed by atoms with Crippen LogP contribution in [0.4, 0.5) is 5.69 Å². The molecule has 1 heterocycles. The van der Waals surface area contributed by atoms with Crippen LogP contribution in [0.3, 0.4) is 0 Å². The Balaban J connectivity index is 1.75. The van der Waals surface area contributed by atoms with Gasteiger partial charge in [-0.1, -0.05) is 23.7 Å². The maximum Gasteiger partial charge on any atom is 0.312 e. The standard InChI is InChI=1S/C17H13ClN2O4S/c1-23-14-4-2-3-11(7-14)17-19-13(10-25-17)9-24-16-6-5-12(18)8-15(16)20(21)22/h2-8,10H,9H2,1H3. The molecule has 0 saturated carbocycles. The Hall–Kier alpha value is -2.64. The number of nitro groups is 1. The molecule has 0 fully saturated rings. The number of halogens is 1. The molecular formula is C17H13ClN2O4S. The highest BCUT2D eigenvalue weighted by Crippen LogP contribution is 2.31. The van der Waals surface area contributed by atoms with Gasteiger partial charge in [-0.3, -0.25) is 10.1 Å². The summed E-state index contributed by atoms with van der Waals surface area (Å²) >= 11 is 7.26. The molecule has 128 valence electrons. The number of ether oxygens (including phenoxy) is 2. The first-order valence-electron chi connectivity index (χ1n) is 7.22. The summed E-state index contributed by atoms with van der Waals surface area (Å²) in [5.41, 5.74) is 1.45. The van der Waals surface area contributed by atoms with E-state index in [0.717, 1.165) is 16.3 Å². The molecule has 6 nitrogen and oxygen atoms in total. The topological polar surface area (TPSA) is 74.5 Å². The van der Waals surface area contributed by atoms with E-state index in [1.54, 1.807) is 13.2 Å². The SMILES string of the molecule is COc1cccc(-c2nc(COc3ccc(Cl)cc3[N+](=O)[O-])cs2)c1. The Bertz CT molecular complexity index is 913. The number of nitrogens with zero attached hydrogens (tertiary/aromatic N) is 2. The van der Waals surface area contributed by atoms with Crippen molar-refractivity contribution in [2.75, 3.05) is 7.11 Å². The molecule has 0 spiro atoms. The van der Waals surface area contributed by atoms with E-state index in [0.29, 0.717) is 5.69 Å². The molecule has 1 aromatic heterocycles. The zero-order chi connectivity index (χ0) is 17.8. The average Bonchev–Trinajstić information content (AvgIpc) is 3.09. The largest absolute Gasteiger partial charge is 0.497 e. The van der Waals surface area contributed by atoms with Gasteiger partial charge in [-0.05, 0) is 24.3 Å². The minimum Gasteiger partial charge on any atom is -0.497 e. The van der Waals surface area contributed by atoms with Crippen LogP contribution in [0.2, 0.25) is 5.02 Å². The second-order valence-corrected chi connectivity index (χ2v) is 6.33. The molecule has 0 saturated heterocycles. The number of hydrogen-bond donors (Lipinski definition) is 0. The predicted octanol–water partition coefficient (Wildman–Crippen LogP) is 4.96. The number of aromatic nitrogens is 1. The summed E-state index contributed by atoms with van der Waals surface area (Å²) in [5.74, 6) is 0.910. The normalized spacial score (nSPS) is 10.5. The van der Waals surface area contributed by atoms with Crippen LogP contribution in [-0.2, 0) is 6.61 Å². The fourth-order valence-electron chi connectivity index (χ4n) is 2.17. The fourth-order valence-corrected chi connectivity index (χ4v) is 3.14. The van der Waals surface area contributed by atoms with E-state index in [4.69, 9.17) is 21.1 Å². The predicted molar refractivity (Wildman–Crippen MR) is 96.5 cm³/mol. The highest BCUT2D eigenvalue weighted by atomic mass is 35.5. The van der Waals surface area contributed by atoms with Gasteiger partial charge in [0.25, 0.3) is 0 Å². The lowest BCUT2D eigenvalue weighted by Gasteiger charge is -2.05. The molecule has 0 aliphatic heterocycles. The Morgan fingerprint density at radius 1 is 1.28 bits per heavy atom. The number of rotatable bonds is 6. The first kappa shape index (κ1) is 17.2. The summed E-state index contributed by atoms with van der Waals surface area (Å²) in [6, 6.07) is 11.9. The second-order valence-electron chi connectivity index (χ2n) is 5.03. The summed E-state index contributed by atoms with van der Waals surface area (Å²) in [4.78, 5) is 15.1. The summed E-state index contributed by atoms with van der Waals surface area (Å²) in [6.45, 7) is 0.128. The first-order valence-corrected chi connectivity index (χ1v) is 8.48. The monoisotopic (exact) mass is 376 g/mol. The third kappa shape index (κ3) is 4.07. The molecule has 2 aromatic carbocycles. The number of benzene rings is 2. The van der Waals surface area contributed by atoms with E-state index in [9.17, 15) is 10.1 Å². The van der Waals surface area contributed by atoms with E-state index in [1.165, 1.54) is 23.5 Å². The van der Waals surface area contributed by atoms with Crippen molar-refractivity contribution in [2.45, 2.75) is 6.61 Å². The van der Waals surface area contributed by atoms with Gasteiger partial charge >= 0.3 is 5.69 Å². The first-order chi connectivity index (χ1) is 12.1. The minimum absolute atomic E-state index is 0.128. The van der Waals surface area contributed by atoms with Crippen molar-refractivity contribution in [1.82, 2.24) is 4.98 Å². The van der Waals surface area contributed by atoms with Crippen LogP contribution in [0.25, 0.3) is 10.6 Å². The van der Waals surface area contributed by atoms with Crippen LogP contribution < -0.4 is 9.47 Å². The molecule has 25 heavy (non-hydrogen) atoms. The molecular weight excluding hydrogens is 364 g/mol. The van der Waals surface area contributed by atoms with Gasteiger partial charge in [0.15, 0.2) is 5.75 Å². The quantitative estimate of drug-likeness (QED) is 0.449. The number of thiazole rings is 1. The van der Waals surface area contributed by atoms with Crippen LogP contribution in [0, 0.1) is 10.1 Å². The van der Waals surface area contributed by atoms with Gasteiger partial charge in [0.1, 0.15) is 17.4 Å². The maximum atomic E-state index is 11.1. The molecule has 0 unspecified atom stereocenters. The molecule has 0 amide bonds. The Labute approximate surface area is 152 Å². The van der Waals surface area contributed by atoms with E-state index in [1.807, 2.05) is 29.6 Å². The van der Waals surface area contributed by atoms with E-state index >= 15 is 0 Å². The van der Waals surface area contributed by atoms with Crippen molar-refractivity contribution < 1.29 is 14.4 Å². The van der Waals surface area contributed by atoms with Gasteiger partial charge in [-0.25, -0.2) is 4.98 Å². The summed E-state index contributed by atoms with van der Waals surface area (Å²) < 4.78 is 10.8. The summed E-state index contributed by atoms with van der Waals surface area (Å²) in [6.07, 6.45) is 0. The van der Waals surface area contributed by atoms with E-state index in [-0.39, 0.29) is 23.1 Å². The third-order valence-corrected chi connectivity index (χ3v) is 4.54. The zero-order valence-electron chi connectivity index (χ0n) is 13.1. The Morgan fingerprint density at radius 2 is 2.12 bits per heavy atom. The lowest BCUT2D eigenvalue weighted by Crippen LogP contribution is -1.99. The molecule has 0 radical (unpaired) electrons.